The molecule has 0 aromatic carbocycles. The van der Waals surface area contributed by atoms with Crippen molar-refractivity contribution in [1.82, 2.24) is 19.9 Å². The third-order valence-corrected chi connectivity index (χ3v) is 6.24. The first-order valence-electron chi connectivity index (χ1n) is 10.9. The van der Waals surface area contributed by atoms with Crippen LogP contribution in [0.2, 0.25) is 0 Å². The zero-order valence-electron chi connectivity index (χ0n) is 18.2. The lowest BCUT2D eigenvalue weighted by Gasteiger charge is -2.31. The SMILES string of the molecule is Cl.NC(c1cn2ncc([C@H](NC(=O)COCC(F)(F)F)C3CC3)cc2n1)C1CCC(F)(F)CC1. The Kier molecular flexibility index (Phi) is 8.03. The number of aromatic nitrogens is 3. The molecule has 2 aliphatic carbocycles. The predicted molar refractivity (Wildman–Crippen MR) is 115 cm³/mol. The molecule has 1 unspecified atom stereocenters. The number of rotatable bonds is 8. The van der Waals surface area contributed by atoms with Crippen LogP contribution in [0.5, 0.6) is 0 Å². The summed E-state index contributed by atoms with van der Waals surface area (Å²) in [5.41, 5.74) is 8.05. The highest BCUT2D eigenvalue weighted by Gasteiger charge is 2.38. The van der Waals surface area contributed by atoms with Crippen LogP contribution in [0.3, 0.4) is 0 Å². The van der Waals surface area contributed by atoms with Crippen molar-refractivity contribution in [1.29, 1.82) is 0 Å². The Labute approximate surface area is 199 Å². The van der Waals surface area contributed by atoms with Gasteiger partial charge in [-0.25, -0.2) is 18.3 Å². The van der Waals surface area contributed by atoms with E-state index >= 15 is 0 Å². The first-order chi connectivity index (χ1) is 15.5. The summed E-state index contributed by atoms with van der Waals surface area (Å²) in [5.74, 6) is -3.21. The third-order valence-electron chi connectivity index (χ3n) is 6.24. The molecule has 2 aliphatic rings. The standard InChI is InChI=1S/C21H26F5N5O2.ClH/c22-20(23)5-3-12(4-6-20)18(27)15-9-31-16(29-15)7-14(8-28-31)19(13-1-2-13)30-17(32)10-33-11-21(24,25)26;/h7-9,12-13,18-19H,1-6,10-11,27H2,(H,30,32);1H/t18?,19-;/m1./s1. The minimum Gasteiger partial charge on any atom is -0.362 e. The Balaban J connectivity index is 0.00000324. The molecule has 2 aromatic rings. The quantitative estimate of drug-likeness (QED) is 0.520. The van der Waals surface area contributed by atoms with E-state index in [2.05, 4.69) is 20.1 Å². The summed E-state index contributed by atoms with van der Waals surface area (Å²) in [7, 11) is 0. The molecule has 0 saturated heterocycles. The molecule has 4 rings (SSSR count). The minimum atomic E-state index is -4.50. The number of amides is 1. The topological polar surface area (TPSA) is 94.5 Å². The number of hydrogen-bond donors (Lipinski definition) is 2. The fourth-order valence-electron chi connectivity index (χ4n) is 4.28. The molecule has 2 atom stereocenters. The van der Waals surface area contributed by atoms with Crippen LogP contribution < -0.4 is 11.1 Å². The van der Waals surface area contributed by atoms with Gasteiger partial charge in [-0.3, -0.25) is 4.79 Å². The zero-order valence-corrected chi connectivity index (χ0v) is 19.0. The number of nitrogens with one attached hydrogen (secondary N) is 1. The number of halogens is 6. The highest BCUT2D eigenvalue weighted by Crippen LogP contribution is 2.42. The Hall–Kier alpha value is -2.05. The number of nitrogens with two attached hydrogens (primary N) is 1. The molecule has 0 radical (unpaired) electrons. The number of carbonyl (C=O) groups is 1. The molecular formula is C21H27ClF5N5O2. The lowest BCUT2D eigenvalue weighted by atomic mass is 9.81. The van der Waals surface area contributed by atoms with E-state index in [9.17, 15) is 26.7 Å². The van der Waals surface area contributed by atoms with Gasteiger partial charge >= 0.3 is 6.18 Å². The Morgan fingerprint density at radius 1 is 1.24 bits per heavy atom. The lowest BCUT2D eigenvalue weighted by Crippen LogP contribution is -2.34. The third kappa shape index (κ3) is 6.76. The van der Waals surface area contributed by atoms with Crippen molar-refractivity contribution < 1.29 is 31.5 Å². The van der Waals surface area contributed by atoms with Crippen LogP contribution in [0, 0.1) is 11.8 Å². The predicted octanol–water partition coefficient (Wildman–Crippen LogP) is 4.12. The number of carbonyl (C=O) groups excluding carboxylic acids is 1. The maximum absolute atomic E-state index is 13.5. The molecule has 3 N–H and O–H groups in total. The molecule has 0 bridgehead atoms. The van der Waals surface area contributed by atoms with Crippen molar-refractivity contribution in [2.45, 2.75) is 62.7 Å². The summed E-state index contributed by atoms with van der Waals surface area (Å²) >= 11 is 0. The highest BCUT2D eigenvalue weighted by atomic mass is 35.5. The van der Waals surface area contributed by atoms with Gasteiger partial charge in [-0.2, -0.15) is 18.3 Å². The van der Waals surface area contributed by atoms with E-state index in [0.29, 0.717) is 29.7 Å². The van der Waals surface area contributed by atoms with E-state index in [4.69, 9.17) is 5.73 Å². The zero-order chi connectivity index (χ0) is 23.8. The fourth-order valence-corrected chi connectivity index (χ4v) is 4.28. The van der Waals surface area contributed by atoms with Crippen molar-refractivity contribution in [3.05, 3.63) is 29.7 Å². The number of alkyl halides is 5. The summed E-state index contributed by atoms with van der Waals surface area (Å²) < 4.78 is 69.5. The molecule has 1 amide bonds. The molecule has 2 aromatic heterocycles. The van der Waals surface area contributed by atoms with E-state index in [1.54, 1.807) is 18.5 Å². The largest absolute Gasteiger partial charge is 0.411 e. The molecule has 13 heteroatoms. The van der Waals surface area contributed by atoms with Crippen molar-refractivity contribution in [2.24, 2.45) is 17.6 Å². The summed E-state index contributed by atoms with van der Waals surface area (Å²) in [5, 5.41) is 7.06. The van der Waals surface area contributed by atoms with Gasteiger partial charge in [0.1, 0.15) is 13.2 Å². The minimum absolute atomic E-state index is 0. The van der Waals surface area contributed by atoms with Gasteiger partial charge in [-0.1, -0.05) is 0 Å². The van der Waals surface area contributed by atoms with E-state index in [-0.39, 0.29) is 37.1 Å². The molecule has 190 valence electrons. The average Bonchev–Trinajstić information content (AvgIpc) is 3.48. The first kappa shape index (κ1) is 26.6. The van der Waals surface area contributed by atoms with Gasteiger partial charge in [0.25, 0.3) is 0 Å². The van der Waals surface area contributed by atoms with Crippen LogP contribution in [0.25, 0.3) is 5.65 Å². The van der Waals surface area contributed by atoms with Crippen molar-refractivity contribution in [3.63, 3.8) is 0 Å². The fraction of sp³-hybridized carbons (Fsp3) is 0.667. The molecule has 34 heavy (non-hydrogen) atoms. The highest BCUT2D eigenvalue weighted by molar-refractivity contribution is 5.85. The van der Waals surface area contributed by atoms with E-state index in [1.165, 1.54) is 4.52 Å². The molecule has 2 fully saturated rings. The monoisotopic (exact) mass is 511 g/mol. The maximum atomic E-state index is 13.5. The molecule has 2 heterocycles. The molecule has 7 nitrogen and oxygen atoms in total. The smallest absolute Gasteiger partial charge is 0.362 e. The molecular weight excluding hydrogens is 485 g/mol. The van der Waals surface area contributed by atoms with Crippen LogP contribution in [-0.4, -0.2) is 45.8 Å². The Bertz CT molecular complexity index is 988. The van der Waals surface area contributed by atoms with Crippen LogP contribution >= 0.6 is 12.4 Å². The van der Waals surface area contributed by atoms with Gasteiger partial charge in [-0.05, 0) is 49.1 Å². The Morgan fingerprint density at radius 2 is 1.91 bits per heavy atom. The summed E-state index contributed by atoms with van der Waals surface area (Å²) in [6.45, 7) is -2.18. The van der Waals surface area contributed by atoms with Gasteiger partial charge in [0.05, 0.1) is 30.2 Å². The summed E-state index contributed by atoms with van der Waals surface area (Å²) in [6, 6.07) is 0.841. The summed E-state index contributed by atoms with van der Waals surface area (Å²) in [4.78, 5) is 16.6. The number of hydrogen-bond acceptors (Lipinski definition) is 5. The van der Waals surface area contributed by atoms with Gasteiger partial charge < -0.3 is 15.8 Å². The molecule has 0 spiro atoms. The van der Waals surface area contributed by atoms with Gasteiger partial charge in [0.2, 0.25) is 11.8 Å². The van der Waals surface area contributed by atoms with Crippen molar-refractivity contribution in [2.75, 3.05) is 13.2 Å². The maximum Gasteiger partial charge on any atom is 0.411 e. The first-order valence-corrected chi connectivity index (χ1v) is 10.9. The molecule has 2 saturated carbocycles. The normalized spacial score (nSPS) is 20.5. The number of nitrogens with zero attached hydrogens (tertiary/aromatic N) is 3. The van der Waals surface area contributed by atoms with Gasteiger partial charge in [0.15, 0.2) is 5.65 Å². The second-order valence-corrected chi connectivity index (χ2v) is 8.97. The van der Waals surface area contributed by atoms with Crippen LogP contribution in [0.15, 0.2) is 18.5 Å². The lowest BCUT2D eigenvalue weighted by molar-refractivity contribution is -0.175. The van der Waals surface area contributed by atoms with E-state index in [0.717, 1.165) is 12.8 Å². The Morgan fingerprint density at radius 3 is 2.53 bits per heavy atom. The van der Waals surface area contributed by atoms with Crippen LogP contribution in [0.4, 0.5) is 22.0 Å². The van der Waals surface area contributed by atoms with Gasteiger partial charge in [-0.15, -0.1) is 12.4 Å². The van der Waals surface area contributed by atoms with Crippen LogP contribution in [0.1, 0.15) is 61.9 Å². The summed E-state index contributed by atoms with van der Waals surface area (Å²) in [6.07, 6.45) is 0.778. The average molecular weight is 512 g/mol. The molecule has 0 aliphatic heterocycles. The van der Waals surface area contributed by atoms with E-state index < -0.39 is 43.3 Å². The van der Waals surface area contributed by atoms with Crippen LogP contribution in [-0.2, 0) is 9.53 Å². The van der Waals surface area contributed by atoms with Crippen molar-refractivity contribution in [3.8, 4) is 0 Å². The number of imidazole rings is 1. The number of ether oxygens (including phenoxy) is 1. The van der Waals surface area contributed by atoms with E-state index in [1.807, 2.05) is 0 Å². The number of fused-ring (bicyclic) bond motifs is 1. The van der Waals surface area contributed by atoms with Gasteiger partial charge in [0, 0.05) is 12.8 Å². The van der Waals surface area contributed by atoms with Crippen molar-refractivity contribution >= 4 is 24.0 Å². The second kappa shape index (κ2) is 10.3. The second-order valence-electron chi connectivity index (χ2n) is 8.97.